The van der Waals surface area contributed by atoms with Crippen LogP contribution in [0.15, 0.2) is 54.6 Å². The van der Waals surface area contributed by atoms with Crippen molar-refractivity contribution in [2.75, 3.05) is 0 Å². The zero-order valence-electron chi connectivity index (χ0n) is 8.35. The van der Waals surface area contributed by atoms with Crippen LogP contribution >= 0.6 is 0 Å². The lowest BCUT2D eigenvalue weighted by Gasteiger charge is -2.04. The third-order valence-electron chi connectivity index (χ3n) is 2.32. The van der Waals surface area contributed by atoms with Gasteiger partial charge in [0.05, 0.1) is 5.56 Å². The van der Waals surface area contributed by atoms with Crippen molar-refractivity contribution >= 4 is 5.84 Å². The van der Waals surface area contributed by atoms with E-state index in [1.54, 1.807) is 0 Å². The Labute approximate surface area is 88.9 Å². The molecule has 74 valence electrons. The topological polar surface area (TPSA) is 51.6 Å². The van der Waals surface area contributed by atoms with Gasteiger partial charge in [0.25, 0.3) is 5.84 Å². The average molecular weight is 197 g/mol. The molecule has 0 unspecified atom stereocenters. The normalized spacial score (nSPS) is 9.87. The fourth-order valence-electron chi connectivity index (χ4n) is 1.60. The molecule has 0 spiro atoms. The van der Waals surface area contributed by atoms with Crippen molar-refractivity contribution in [3.05, 3.63) is 60.2 Å². The highest BCUT2D eigenvalue weighted by molar-refractivity contribution is 5.99. The Hall–Kier alpha value is -2.09. The first-order valence-corrected chi connectivity index (χ1v) is 4.82. The lowest BCUT2D eigenvalue weighted by atomic mass is 9.99. The van der Waals surface area contributed by atoms with Gasteiger partial charge in [0.1, 0.15) is 0 Å². The smallest absolute Gasteiger partial charge is 0.271 e. The maximum absolute atomic E-state index is 5.65. The van der Waals surface area contributed by atoms with Gasteiger partial charge in [-0.1, -0.05) is 48.5 Å². The van der Waals surface area contributed by atoms with E-state index in [-0.39, 0.29) is 0 Å². The molecule has 2 aromatic rings. The highest BCUT2D eigenvalue weighted by atomic mass is 14.7. The molecule has 4 N–H and O–H groups in total. The fourth-order valence-corrected chi connectivity index (χ4v) is 1.60. The van der Waals surface area contributed by atoms with E-state index in [9.17, 15) is 0 Å². The summed E-state index contributed by atoms with van der Waals surface area (Å²) in [4.78, 5) is 0. The van der Waals surface area contributed by atoms with Crippen molar-refractivity contribution < 1.29 is 5.41 Å². The molecule has 2 aromatic carbocycles. The molecule has 2 heteroatoms. The third kappa shape index (κ3) is 1.89. The standard InChI is InChI=1S/C13H12N2/c14-13(15)12-9-5-4-8-11(12)10-6-2-1-3-7-10/h1-9H,(H3,14,15)/p+1. The second-order valence-electron chi connectivity index (χ2n) is 3.37. The summed E-state index contributed by atoms with van der Waals surface area (Å²) in [6, 6.07) is 17.9. The lowest BCUT2D eigenvalue weighted by molar-refractivity contribution is -0.114. The van der Waals surface area contributed by atoms with Crippen LogP contribution in [0.3, 0.4) is 0 Å². The van der Waals surface area contributed by atoms with Crippen molar-refractivity contribution in [2.45, 2.75) is 0 Å². The molecule has 0 aliphatic carbocycles. The molecule has 0 bridgehead atoms. The van der Waals surface area contributed by atoms with Crippen molar-refractivity contribution in [2.24, 2.45) is 5.73 Å². The second kappa shape index (κ2) is 3.96. The predicted molar refractivity (Wildman–Crippen MR) is 62.1 cm³/mol. The van der Waals surface area contributed by atoms with E-state index in [4.69, 9.17) is 11.1 Å². The highest BCUT2D eigenvalue weighted by Gasteiger charge is 2.08. The lowest BCUT2D eigenvalue weighted by Crippen LogP contribution is -2.46. The van der Waals surface area contributed by atoms with Crippen molar-refractivity contribution in [3.8, 4) is 11.1 Å². The van der Waals surface area contributed by atoms with E-state index >= 15 is 0 Å². The van der Waals surface area contributed by atoms with Gasteiger partial charge < -0.3 is 0 Å². The van der Waals surface area contributed by atoms with Crippen LogP contribution in [0.25, 0.3) is 11.1 Å². The van der Waals surface area contributed by atoms with Gasteiger partial charge >= 0.3 is 0 Å². The Morgan fingerprint density at radius 2 is 1.47 bits per heavy atom. The largest absolute Gasteiger partial charge is 0.287 e. The summed E-state index contributed by atoms with van der Waals surface area (Å²) in [5, 5.41) is 5.65. The molecule has 0 amide bonds. The number of hydrogen-bond acceptors (Lipinski definition) is 0. The number of hydrogen-bond donors (Lipinski definition) is 2. The average Bonchev–Trinajstić information content (AvgIpc) is 2.30. The minimum Gasteiger partial charge on any atom is -0.287 e. The van der Waals surface area contributed by atoms with Crippen LogP contribution in [0, 0.1) is 0 Å². The summed E-state index contributed by atoms with van der Waals surface area (Å²) in [6.45, 7) is 0. The molecule has 0 saturated heterocycles. The van der Waals surface area contributed by atoms with Crippen LogP contribution in [0.2, 0.25) is 0 Å². The molecular formula is C13H13N2+. The van der Waals surface area contributed by atoms with E-state index in [2.05, 4.69) is 0 Å². The molecule has 0 radical (unpaired) electrons. The first-order valence-electron chi connectivity index (χ1n) is 4.82. The molecular weight excluding hydrogens is 184 g/mol. The Kier molecular flexibility index (Phi) is 2.50. The monoisotopic (exact) mass is 197 g/mol. The molecule has 0 aromatic heterocycles. The van der Waals surface area contributed by atoms with E-state index in [0.29, 0.717) is 5.84 Å². The maximum Gasteiger partial charge on any atom is 0.271 e. The molecule has 0 saturated carbocycles. The van der Waals surface area contributed by atoms with Crippen molar-refractivity contribution in [1.29, 1.82) is 0 Å². The molecule has 2 nitrogen and oxygen atoms in total. The minimum atomic E-state index is 0.356. The van der Waals surface area contributed by atoms with Crippen LogP contribution in [0.5, 0.6) is 0 Å². The Balaban J connectivity index is 2.58. The quantitative estimate of drug-likeness (QED) is 0.543. The van der Waals surface area contributed by atoms with Crippen LogP contribution < -0.4 is 11.1 Å². The van der Waals surface area contributed by atoms with Gasteiger partial charge in [-0.2, -0.15) is 0 Å². The second-order valence-corrected chi connectivity index (χ2v) is 3.37. The number of amidine groups is 1. The Morgan fingerprint density at radius 1 is 0.867 bits per heavy atom. The van der Waals surface area contributed by atoms with Gasteiger partial charge in [0.2, 0.25) is 0 Å². The summed E-state index contributed by atoms with van der Waals surface area (Å²) in [7, 11) is 0. The van der Waals surface area contributed by atoms with Crippen LogP contribution in [-0.2, 0) is 0 Å². The van der Waals surface area contributed by atoms with Crippen LogP contribution in [0.1, 0.15) is 5.56 Å². The van der Waals surface area contributed by atoms with Gasteiger partial charge in [0, 0.05) is 0 Å². The maximum atomic E-state index is 5.65. The number of rotatable bonds is 2. The third-order valence-corrected chi connectivity index (χ3v) is 2.32. The van der Waals surface area contributed by atoms with Gasteiger partial charge in [-0.25, -0.2) is 0 Å². The SMILES string of the molecule is NC(=[NH2+])c1ccccc1-c1ccccc1. The Morgan fingerprint density at radius 3 is 2.13 bits per heavy atom. The highest BCUT2D eigenvalue weighted by Crippen LogP contribution is 2.22. The number of nitrogens with two attached hydrogens (primary N) is 2. The van der Waals surface area contributed by atoms with Crippen molar-refractivity contribution in [1.82, 2.24) is 0 Å². The summed E-state index contributed by atoms with van der Waals surface area (Å²) in [5.41, 5.74) is 8.73. The van der Waals surface area contributed by atoms with Crippen LogP contribution in [-0.4, -0.2) is 5.84 Å². The van der Waals surface area contributed by atoms with Gasteiger partial charge in [-0.05, 0) is 17.2 Å². The van der Waals surface area contributed by atoms with E-state index in [0.717, 1.165) is 16.7 Å². The molecule has 0 aliphatic heterocycles. The summed E-state index contributed by atoms with van der Waals surface area (Å²) in [5.74, 6) is 0.356. The molecule has 0 fully saturated rings. The molecule has 0 heterocycles. The zero-order valence-corrected chi connectivity index (χ0v) is 8.35. The molecule has 2 rings (SSSR count). The molecule has 0 aliphatic rings. The molecule has 15 heavy (non-hydrogen) atoms. The van der Waals surface area contributed by atoms with Crippen LogP contribution in [0.4, 0.5) is 0 Å². The van der Waals surface area contributed by atoms with Crippen molar-refractivity contribution in [3.63, 3.8) is 0 Å². The van der Waals surface area contributed by atoms with Gasteiger partial charge in [-0.3, -0.25) is 11.1 Å². The summed E-state index contributed by atoms with van der Waals surface area (Å²) >= 11 is 0. The van der Waals surface area contributed by atoms with E-state index < -0.39 is 0 Å². The van der Waals surface area contributed by atoms with Gasteiger partial charge in [-0.15, -0.1) is 0 Å². The number of benzene rings is 2. The van der Waals surface area contributed by atoms with E-state index in [1.807, 2.05) is 54.6 Å². The zero-order chi connectivity index (χ0) is 10.7. The predicted octanol–water partition coefficient (Wildman–Crippen LogP) is 0.818. The van der Waals surface area contributed by atoms with E-state index in [1.165, 1.54) is 0 Å². The molecule has 0 atom stereocenters. The van der Waals surface area contributed by atoms with Gasteiger partial charge in [0.15, 0.2) is 0 Å². The Bertz CT molecular complexity index is 475. The summed E-state index contributed by atoms with van der Waals surface area (Å²) in [6.07, 6.45) is 0. The summed E-state index contributed by atoms with van der Waals surface area (Å²) < 4.78 is 0. The minimum absolute atomic E-state index is 0.356. The first kappa shape index (κ1) is 9.46. The fraction of sp³-hybridized carbons (Fsp3) is 0. The first-order chi connectivity index (χ1) is 7.29.